The number of nitrogens with two attached hydrogens (primary N) is 1. The van der Waals surface area contributed by atoms with Gasteiger partial charge in [0.05, 0.1) is 6.61 Å². The quantitative estimate of drug-likeness (QED) is 0.538. The molecule has 2 heterocycles. The summed E-state index contributed by atoms with van der Waals surface area (Å²) in [6.07, 6.45) is -1.37. The van der Waals surface area contributed by atoms with Crippen molar-refractivity contribution in [2.75, 3.05) is 29.1 Å². The van der Waals surface area contributed by atoms with Gasteiger partial charge in [-0.25, -0.2) is 4.98 Å². The van der Waals surface area contributed by atoms with Crippen LogP contribution < -0.4 is 16.0 Å². The third kappa shape index (κ3) is 4.00. The van der Waals surface area contributed by atoms with Crippen LogP contribution in [0.3, 0.4) is 0 Å². The molecule has 1 fully saturated rings. The summed E-state index contributed by atoms with van der Waals surface area (Å²) in [6, 6.07) is 14.1. The van der Waals surface area contributed by atoms with Crippen LogP contribution in [0.15, 0.2) is 59.2 Å². The molecule has 2 aromatic carbocycles. The summed E-state index contributed by atoms with van der Waals surface area (Å²) in [4.78, 5) is 31.0. The number of aliphatic hydroxyl groups is 1. The Kier molecular flexibility index (Phi) is 5.67. The zero-order valence-corrected chi connectivity index (χ0v) is 17.4. The number of anilines is 3. The molecule has 4 N–H and O–H groups in total. The van der Waals surface area contributed by atoms with Crippen molar-refractivity contribution in [3.05, 3.63) is 59.2 Å². The Morgan fingerprint density at radius 2 is 2.03 bits per heavy atom. The number of aliphatic hydroxyl groups excluding tert-OH is 1. The number of hydrogen-bond acceptors (Lipinski definition) is 6. The van der Waals surface area contributed by atoms with Gasteiger partial charge in [0.2, 0.25) is 0 Å². The minimum atomic E-state index is -1.66. The number of benzene rings is 2. The average Bonchev–Trinajstić information content (AvgIpc) is 2.74. The van der Waals surface area contributed by atoms with Gasteiger partial charge >= 0.3 is 0 Å². The summed E-state index contributed by atoms with van der Waals surface area (Å²) in [5.41, 5.74) is 6.97. The molecule has 4 rings (SSSR count). The third-order valence-corrected chi connectivity index (χ3v) is 5.41. The molecule has 154 valence electrons. The SMILES string of the molecule is Nc1nccc2cc(NC(=O)[C@H](O)C3OCCN(c4ccc(Br)cc4)C3=O)ccc12. The highest BCUT2D eigenvalue weighted by atomic mass is 79.9. The maximum Gasteiger partial charge on any atom is 0.259 e. The first-order valence-corrected chi connectivity index (χ1v) is 10.0. The Labute approximate surface area is 180 Å². The number of hydrogen-bond donors (Lipinski definition) is 3. The van der Waals surface area contributed by atoms with Crippen LogP contribution in [0.1, 0.15) is 0 Å². The van der Waals surface area contributed by atoms with E-state index in [1.54, 1.807) is 42.6 Å². The number of nitrogen functional groups attached to an aromatic ring is 1. The standard InChI is InChI=1S/C21H19BrN4O4/c22-13-1-4-15(5-2-13)26-9-10-30-18(21(26)29)17(27)20(28)25-14-3-6-16-12(11-14)7-8-24-19(16)23/h1-8,11,17-18,27H,9-10H2,(H2,23,24)(H,25,28)/t17-,18?/m1/s1. The summed E-state index contributed by atoms with van der Waals surface area (Å²) < 4.78 is 6.32. The molecule has 1 aromatic heterocycles. The van der Waals surface area contributed by atoms with E-state index in [2.05, 4.69) is 26.2 Å². The number of fused-ring (bicyclic) bond motifs is 1. The van der Waals surface area contributed by atoms with Gasteiger partial charge in [-0.05, 0) is 53.9 Å². The van der Waals surface area contributed by atoms with Gasteiger partial charge in [-0.1, -0.05) is 15.9 Å². The first kappa shape index (κ1) is 20.3. The highest BCUT2D eigenvalue weighted by molar-refractivity contribution is 9.10. The van der Waals surface area contributed by atoms with E-state index in [1.807, 2.05) is 12.1 Å². The molecule has 9 heteroatoms. The molecule has 0 saturated carbocycles. The molecule has 2 amide bonds. The molecule has 0 bridgehead atoms. The number of nitrogens with zero attached hydrogens (tertiary/aromatic N) is 2. The van der Waals surface area contributed by atoms with Crippen molar-refractivity contribution in [2.24, 2.45) is 0 Å². The van der Waals surface area contributed by atoms with Gasteiger partial charge < -0.3 is 25.8 Å². The number of pyridine rings is 1. The van der Waals surface area contributed by atoms with E-state index in [0.29, 0.717) is 23.7 Å². The second-order valence-electron chi connectivity index (χ2n) is 6.82. The summed E-state index contributed by atoms with van der Waals surface area (Å²) in [6.45, 7) is 0.546. The smallest absolute Gasteiger partial charge is 0.259 e. The lowest BCUT2D eigenvalue weighted by Crippen LogP contribution is -2.55. The van der Waals surface area contributed by atoms with Gasteiger partial charge in [0.25, 0.3) is 11.8 Å². The minimum absolute atomic E-state index is 0.207. The van der Waals surface area contributed by atoms with Crippen LogP contribution in [0.5, 0.6) is 0 Å². The van der Waals surface area contributed by atoms with Crippen molar-refractivity contribution in [2.45, 2.75) is 12.2 Å². The van der Waals surface area contributed by atoms with Gasteiger partial charge in [-0.3, -0.25) is 9.59 Å². The van der Waals surface area contributed by atoms with E-state index in [1.165, 1.54) is 4.90 Å². The van der Waals surface area contributed by atoms with E-state index in [4.69, 9.17) is 10.5 Å². The van der Waals surface area contributed by atoms with Gasteiger partial charge in [-0.15, -0.1) is 0 Å². The number of halogens is 1. The number of amides is 2. The van der Waals surface area contributed by atoms with Crippen LogP contribution in [0, 0.1) is 0 Å². The Morgan fingerprint density at radius 3 is 2.80 bits per heavy atom. The van der Waals surface area contributed by atoms with Crippen LogP contribution in [0.2, 0.25) is 0 Å². The fourth-order valence-corrected chi connectivity index (χ4v) is 3.61. The lowest BCUT2D eigenvalue weighted by atomic mass is 10.1. The molecule has 30 heavy (non-hydrogen) atoms. The highest BCUT2D eigenvalue weighted by Gasteiger charge is 2.39. The number of carbonyl (C=O) groups is 2. The number of morpholine rings is 1. The van der Waals surface area contributed by atoms with Crippen molar-refractivity contribution in [1.82, 2.24) is 4.98 Å². The van der Waals surface area contributed by atoms with E-state index in [-0.39, 0.29) is 6.61 Å². The molecule has 1 saturated heterocycles. The predicted molar refractivity (Wildman–Crippen MR) is 117 cm³/mol. The molecule has 1 aliphatic rings. The molecule has 1 aliphatic heterocycles. The van der Waals surface area contributed by atoms with Gasteiger partial charge in [0.15, 0.2) is 12.2 Å². The van der Waals surface area contributed by atoms with Gasteiger partial charge in [-0.2, -0.15) is 0 Å². The average molecular weight is 471 g/mol. The zero-order chi connectivity index (χ0) is 21.3. The summed E-state index contributed by atoms with van der Waals surface area (Å²) in [5.74, 6) is -0.810. The largest absolute Gasteiger partial charge is 0.383 e. The highest BCUT2D eigenvalue weighted by Crippen LogP contribution is 2.24. The van der Waals surface area contributed by atoms with Crippen LogP contribution in [0.4, 0.5) is 17.2 Å². The Morgan fingerprint density at radius 1 is 1.27 bits per heavy atom. The normalized spacial score (nSPS) is 17.7. The van der Waals surface area contributed by atoms with E-state index in [0.717, 1.165) is 15.2 Å². The molecular weight excluding hydrogens is 452 g/mol. The van der Waals surface area contributed by atoms with Crippen LogP contribution >= 0.6 is 15.9 Å². The monoisotopic (exact) mass is 470 g/mol. The molecule has 0 radical (unpaired) electrons. The van der Waals surface area contributed by atoms with Crippen molar-refractivity contribution < 1.29 is 19.4 Å². The molecule has 0 spiro atoms. The third-order valence-electron chi connectivity index (χ3n) is 4.88. The maximum absolute atomic E-state index is 12.8. The molecule has 2 atom stereocenters. The Bertz CT molecular complexity index is 1110. The van der Waals surface area contributed by atoms with Crippen LogP contribution in [-0.4, -0.2) is 47.3 Å². The Hall–Kier alpha value is -3.01. The minimum Gasteiger partial charge on any atom is -0.383 e. The topological polar surface area (TPSA) is 118 Å². The van der Waals surface area contributed by atoms with Crippen LogP contribution in [0.25, 0.3) is 10.8 Å². The molecule has 8 nitrogen and oxygen atoms in total. The zero-order valence-electron chi connectivity index (χ0n) is 15.8. The lowest BCUT2D eigenvalue weighted by Gasteiger charge is -2.34. The van der Waals surface area contributed by atoms with Gasteiger partial charge in [0, 0.05) is 34.0 Å². The maximum atomic E-state index is 12.8. The first-order chi connectivity index (χ1) is 14.4. The van der Waals surface area contributed by atoms with Crippen molar-refractivity contribution in [1.29, 1.82) is 0 Å². The van der Waals surface area contributed by atoms with E-state index < -0.39 is 24.0 Å². The van der Waals surface area contributed by atoms with E-state index in [9.17, 15) is 14.7 Å². The number of rotatable bonds is 4. The second kappa shape index (κ2) is 8.39. The number of ether oxygens (including phenoxy) is 1. The first-order valence-electron chi connectivity index (χ1n) is 9.26. The fraction of sp³-hybridized carbons (Fsp3) is 0.190. The Balaban J connectivity index is 1.49. The van der Waals surface area contributed by atoms with E-state index >= 15 is 0 Å². The number of aromatic nitrogens is 1. The van der Waals surface area contributed by atoms with Crippen molar-refractivity contribution in [3.8, 4) is 0 Å². The molecular formula is C21H19BrN4O4. The van der Waals surface area contributed by atoms with Crippen molar-refractivity contribution >= 4 is 55.7 Å². The summed E-state index contributed by atoms with van der Waals surface area (Å²) in [5, 5.41) is 14.7. The van der Waals surface area contributed by atoms with Crippen LogP contribution in [-0.2, 0) is 14.3 Å². The van der Waals surface area contributed by atoms with Crippen molar-refractivity contribution in [3.63, 3.8) is 0 Å². The lowest BCUT2D eigenvalue weighted by molar-refractivity contribution is -0.150. The molecule has 3 aromatic rings. The van der Waals surface area contributed by atoms with Gasteiger partial charge in [0.1, 0.15) is 5.82 Å². The number of nitrogens with one attached hydrogen (secondary N) is 1. The predicted octanol–water partition coefficient (Wildman–Crippen LogP) is 2.31. The summed E-state index contributed by atoms with van der Waals surface area (Å²) >= 11 is 3.36. The second-order valence-corrected chi connectivity index (χ2v) is 7.74. The fourth-order valence-electron chi connectivity index (χ4n) is 3.34. The number of carbonyl (C=O) groups excluding carboxylic acids is 2. The summed E-state index contributed by atoms with van der Waals surface area (Å²) in [7, 11) is 0. The molecule has 1 unspecified atom stereocenters. The molecule has 0 aliphatic carbocycles.